The second kappa shape index (κ2) is 5.94. The van der Waals surface area contributed by atoms with Crippen LogP contribution in [0.3, 0.4) is 0 Å². The summed E-state index contributed by atoms with van der Waals surface area (Å²) in [5, 5.41) is 11.9. The number of carboxylic acids is 1. The van der Waals surface area contributed by atoms with E-state index in [1.807, 2.05) is 13.8 Å². The number of ether oxygens (including phenoxy) is 1. The average Bonchev–Trinajstić information content (AvgIpc) is 2.81. The molecule has 0 bridgehead atoms. The van der Waals surface area contributed by atoms with E-state index < -0.39 is 12.0 Å². The highest BCUT2D eigenvalue weighted by atomic mass is 16.5. The smallest absolute Gasteiger partial charge is 0.330 e. The Hall–Kier alpha value is -2.04. The SMILES string of the molecule is CC(C)CC(=O)NC(C(=O)O)c1ccc2c(c1)CCO2. The Bertz CT molecular complexity index is 525. The van der Waals surface area contributed by atoms with Gasteiger partial charge in [0.25, 0.3) is 0 Å². The molecule has 1 unspecified atom stereocenters. The van der Waals surface area contributed by atoms with Gasteiger partial charge in [0.2, 0.25) is 5.91 Å². The van der Waals surface area contributed by atoms with E-state index in [1.54, 1.807) is 18.2 Å². The van der Waals surface area contributed by atoms with Gasteiger partial charge in [-0.05, 0) is 29.2 Å². The first-order chi connectivity index (χ1) is 9.47. The summed E-state index contributed by atoms with van der Waals surface area (Å²) in [7, 11) is 0. The summed E-state index contributed by atoms with van der Waals surface area (Å²) in [5.74, 6) is -0.311. The minimum atomic E-state index is -1.05. The van der Waals surface area contributed by atoms with E-state index in [9.17, 15) is 14.7 Å². The molecule has 0 radical (unpaired) electrons. The molecule has 1 atom stereocenters. The minimum Gasteiger partial charge on any atom is -0.493 e. The second-order valence-corrected chi connectivity index (χ2v) is 5.40. The zero-order valence-corrected chi connectivity index (χ0v) is 11.7. The van der Waals surface area contributed by atoms with Crippen molar-refractivity contribution in [2.45, 2.75) is 32.7 Å². The molecule has 0 saturated carbocycles. The van der Waals surface area contributed by atoms with Gasteiger partial charge in [-0.1, -0.05) is 19.9 Å². The Balaban J connectivity index is 2.16. The van der Waals surface area contributed by atoms with Crippen LogP contribution in [0.25, 0.3) is 0 Å². The lowest BCUT2D eigenvalue weighted by atomic mass is 10.0. The predicted molar refractivity (Wildman–Crippen MR) is 73.6 cm³/mol. The number of amides is 1. The quantitative estimate of drug-likeness (QED) is 0.862. The molecule has 0 fully saturated rings. The van der Waals surface area contributed by atoms with Crippen molar-refractivity contribution in [3.8, 4) is 5.75 Å². The Labute approximate surface area is 117 Å². The fourth-order valence-corrected chi connectivity index (χ4v) is 2.26. The number of aliphatic carboxylic acids is 1. The third-order valence-corrected chi connectivity index (χ3v) is 3.19. The summed E-state index contributed by atoms with van der Waals surface area (Å²) >= 11 is 0. The van der Waals surface area contributed by atoms with Crippen LogP contribution in [0.5, 0.6) is 5.75 Å². The summed E-state index contributed by atoms with van der Waals surface area (Å²) in [6, 6.07) is 4.25. The minimum absolute atomic E-state index is 0.192. The van der Waals surface area contributed by atoms with Crippen LogP contribution in [-0.2, 0) is 16.0 Å². The molecule has 1 aliphatic rings. The topological polar surface area (TPSA) is 75.6 Å². The maximum absolute atomic E-state index is 11.8. The van der Waals surface area contributed by atoms with Crippen molar-refractivity contribution in [3.63, 3.8) is 0 Å². The van der Waals surface area contributed by atoms with Crippen molar-refractivity contribution >= 4 is 11.9 Å². The van der Waals surface area contributed by atoms with Gasteiger partial charge >= 0.3 is 5.97 Å². The van der Waals surface area contributed by atoms with Crippen molar-refractivity contribution in [1.82, 2.24) is 5.32 Å². The van der Waals surface area contributed by atoms with Crippen LogP contribution in [0.1, 0.15) is 37.4 Å². The van der Waals surface area contributed by atoms with Crippen LogP contribution < -0.4 is 10.1 Å². The van der Waals surface area contributed by atoms with E-state index >= 15 is 0 Å². The van der Waals surface area contributed by atoms with E-state index in [2.05, 4.69) is 5.32 Å². The zero-order chi connectivity index (χ0) is 14.7. The van der Waals surface area contributed by atoms with E-state index in [0.717, 1.165) is 17.7 Å². The summed E-state index contributed by atoms with van der Waals surface area (Å²) < 4.78 is 5.39. The van der Waals surface area contributed by atoms with Crippen molar-refractivity contribution in [2.24, 2.45) is 5.92 Å². The van der Waals surface area contributed by atoms with Crippen LogP contribution in [0, 0.1) is 5.92 Å². The monoisotopic (exact) mass is 277 g/mol. The Kier molecular flexibility index (Phi) is 4.27. The lowest BCUT2D eigenvalue weighted by Crippen LogP contribution is -2.34. The van der Waals surface area contributed by atoms with Crippen molar-refractivity contribution in [3.05, 3.63) is 29.3 Å². The van der Waals surface area contributed by atoms with Crippen LogP contribution >= 0.6 is 0 Å². The van der Waals surface area contributed by atoms with Crippen LogP contribution in [0.4, 0.5) is 0 Å². The van der Waals surface area contributed by atoms with Crippen LogP contribution in [-0.4, -0.2) is 23.6 Å². The molecular formula is C15H19NO4. The standard InChI is InChI=1S/C15H19NO4/c1-9(2)7-13(17)16-14(15(18)19)11-3-4-12-10(8-11)5-6-20-12/h3-4,8-9,14H,5-7H2,1-2H3,(H,16,17)(H,18,19). The maximum Gasteiger partial charge on any atom is 0.330 e. The molecule has 2 N–H and O–H groups in total. The van der Waals surface area contributed by atoms with Gasteiger partial charge in [-0.15, -0.1) is 0 Å². The molecule has 0 aromatic heterocycles. The molecule has 1 heterocycles. The molecule has 0 spiro atoms. The molecule has 5 heteroatoms. The van der Waals surface area contributed by atoms with Gasteiger partial charge in [0.05, 0.1) is 6.61 Å². The summed E-state index contributed by atoms with van der Waals surface area (Å²) in [4.78, 5) is 23.2. The van der Waals surface area contributed by atoms with E-state index in [4.69, 9.17) is 4.74 Å². The lowest BCUT2D eigenvalue weighted by Gasteiger charge is -2.16. The fraction of sp³-hybridized carbons (Fsp3) is 0.467. The van der Waals surface area contributed by atoms with Crippen molar-refractivity contribution in [1.29, 1.82) is 0 Å². The Morgan fingerprint density at radius 1 is 1.40 bits per heavy atom. The first-order valence-electron chi connectivity index (χ1n) is 6.75. The first-order valence-corrected chi connectivity index (χ1v) is 6.75. The lowest BCUT2D eigenvalue weighted by molar-refractivity contribution is -0.142. The molecule has 0 aliphatic carbocycles. The predicted octanol–water partition coefficient (Wildman–Crippen LogP) is 1.91. The van der Waals surface area contributed by atoms with Gasteiger partial charge < -0.3 is 15.2 Å². The number of carbonyl (C=O) groups excluding carboxylic acids is 1. The number of rotatable bonds is 5. The summed E-state index contributed by atoms with van der Waals surface area (Å²) in [5.41, 5.74) is 1.57. The van der Waals surface area contributed by atoms with Crippen LogP contribution in [0.2, 0.25) is 0 Å². The molecule has 20 heavy (non-hydrogen) atoms. The first kappa shape index (κ1) is 14.4. The number of carboxylic acid groups (broad SMARTS) is 1. The van der Waals surface area contributed by atoms with Gasteiger partial charge in [0.1, 0.15) is 5.75 Å². The summed E-state index contributed by atoms with van der Waals surface area (Å²) in [6.07, 6.45) is 1.09. The number of nitrogens with one attached hydrogen (secondary N) is 1. The second-order valence-electron chi connectivity index (χ2n) is 5.40. The number of benzene rings is 1. The largest absolute Gasteiger partial charge is 0.493 e. The third kappa shape index (κ3) is 3.29. The highest BCUT2D eigenvalue weighted by Crippen LogP contribution is 2.28. The molecule has 1 aromatic rings. The van der Waals surface area contributed by atoms with E-state index in [-0.39, 0.29) is 11.8 Å². The highest BCUT2D eigenvalue weighted by molar-refractivity contribution is 5.84. The molecule has 5 nitrogen and oxygen atoms in total. The molecule has 1 aliphatic heterocycles. The fourth-order valence-electron chi connectivity index (χ4n) is 2.26. The zero-order valence-electron chi connectivity index (χ0n) is 11.7. The molecule has 108 valence electrons. The number of hydrogen-bond acceptors (Lipinski definition) is 3. The molecule has 2 rings (SSSR count). The van der Waals surface area contributed by atoms with Gasteiger partial charge in [-0.2, -0.15) is 0 Å². The molecular weight excluding hydrogens is 258 g/mol. The third-order valence-electron chi connectivity index (χ3n) is 3.19. The number of fused-ring (bicyclic) bond motifs is 1. The molecule has 1 aromatic carbocycles. The highest BCUT2D eigenvalue weighted by Gasteiger charge is 2.24. The van der Waals surface area contributed by atoms with E-state index in [1.165, 1.54) is 0 Å². The molecule has 0 saturated heterocycles. The molecule has 1 amide bonds. The van der Waals surface area contributed by atoms with Gasteiger partial charge in [0, 0.05) is 12.8 Å². The number of carbonyl (C=O) groups is 2. The normalized spacial score (nSPS) is 14.6. The number of hydrogen-bond donors (Lipinski definition) is 2. The van der Waals surface area contributed by atoms with Gasteiger partial charge in [0.15, 0.2) is 6.04 Å². The van der Waals surface area contributed by atoms with Crippen molar-refractivity contribution in [2.75, 3.05) is 6.61 Å². The van der Waals surface area contributed by atoms with Gasteiger partial charge in [-0.3, -0.25) is 4.79 Å². The van der Waals surface area contributed by atoms with Crippen molar-refractivity contribution < 1.29 is 19.4 Å². The van der Waals surface area contributed by atoms with E-state index in [0.29, 0.717) is 18.6 Å². The van der Waals surface area contributed by atoms with Gasteiger partial charge in [-0.25, -0.2) is 4.79 Å². The Morgan fingerprint density at radius 2 is 2.15 bits per heavy atom. The average molecular weight is 277 g/mol. The summed E-state index contributed by atoms with van der Waals surface area (Å²) in [6.45, 7) is 4.46. The maximum atomic E-state index is 11.8. The van der Waals surface area contributed by atoms with Crippen LogP contribution in [0.15, 0.2) is 18.2 Å². The Morgan fingerprint density at radius 3 is 2.80 bits per heavy atom.